The Morgan fingerprint density at radius 1 is 1.00 bits per heavy atom. The number of aryl methyl sites for hydroxylation is 1. The first-order valence-electron chi connectivity index (χ1n) is 10.4. The van der Waals surface area contributed by atoms with Gasteiger partial charge in [0.25, 0.3) is 5.56 Å². The number of anilines is 3. The first-order valence-corrected chi connectivity index (χ1v) is 10.4. The third-order valence-electron chi connectivity index (χ3n) is 5.14. The van der Waals surface area contributed by atoms with E-state index >= 15 is 0 Å². The van der Waals surface area contributed by atoms with Crippen LogP contribution in [0.4, 0.5) is 17.6 Å². The van der Waals surface area contributed by atoms with Crippen LogP contribution < -0.4 is 20.9 Å². The fourth-order valence-corrected chi connectivity index (χ4v) is 3.46. The van der Waals surface area contributed by atoms with E-state index in [1.165, 1.54) is 10.8 Å². The molecule has 4 aromatic heterocycles. The van der Waals surface area contributed by atoms with E-state index in [1.807, 2.05) is 31.4 Å². The SMILES string of the molecule is CNc1ncc(-c2ccc3cc(Oc4ccnc(Nc5cnn(C)c5)n4)ccc3n2)c(=O)n1C. The first kappa shape index (κ1) is 21.1. The van der Waals surface area contributed by atoms with Crippen molar-refractivity contribution in [1.82, 2.24) is 34.3 Å². The highest BCUT2D eigenvalue weighted by Gasteiger charge is 2.11. The van der Waals surface area contributed by atoms with Crippen LogP contribution in [0.5, 0.6) is 11.6 Å². The number of nitrogens with zero attached hydrogens (tertiary/aromatic N) is 7. The monoisotopic (exact) mass is 455 g/mol. The average Bonchev–Trinajstić information content (AvgIpc) is 3.25. The van der Waals surface area contributed by atoms with Gasteiger partial charge in [-0.25, -0.2) is 15.0 Å². The second-order valence-electron chi connectivity index (χ2n) is 7.51. The third kappa shape index (κ3) is 4.13. The van der Waals surface area contributed by atoms with Crippen molar-refractivity contribution in [2.75, 3.05) is 17.7 Å². The summed E-state index contributed by atoms with van der Waals surface area (Å²) in [6.07, 6.45) is 6.65. The van der Waals surface area contributed by atoms with Gasteiger partial charge in [-0.15, -0.1) is 0 Å². The smallest absolute Gasteiger partial charge is 0.264 e. The van der Waals surface area contributed by atoms with Crippen molar-refractivity contribution in [1.29, 1.82) is 0 Å². The molecule has 0 fully saturated rings. The molecule has 0 saturated carbocycles. The van der Waals surface area contributed by atoms with Gasteiger partial charge in [-0.1, -0.05) is 6.07 Å². The normalized spacial score (nSPS) is 10.9. The van der Waals surface area contributed by atoms with Crippen LogP contribution in [0.25, 0.3) is 22.2 Å². The van der Waals surface area contributed by atoms with Gasteiger partial charge < -0.3 is 15.4 Å². The number of aromatic nitrogens is 7. The Hall–Kier alpha value is -4.80. The van der Waals surface area contributed by atoms with Crippen molar-refractivity contribution in [3.05, 3.63) is 71.5 Å². The molecule has 2 N–H and O–H groups in total. The molecule has 5 rings (SSSR count). The standard InChI is InChI=1S/C23H21N9O2/c1-24-23-26-12-17(21(33)32(23)3)19-6-4-14-10-16(5-7-18(14)29-19)34-20-8-9-25-22(30-20)28-15-11-27-31(2)13-15/h4-13H,1-3H3,(H,24,26)(H,25,28,30). The second-order valence-corrected chi connectivity index (χ2v) is 7.51. The van der Waals surface area contributed by atoms with Crippen LogP contribution in [0.3, 0.4) is 0 Å². The van der Waals surface area contributed by atoms with E-state index in [0.717, 1.165) is 16.6 Å². The molecule has 170 valence electrons. The van der Waals surface area contributed by atoms with E-state index in [4.69, 9.17) is 4.74 Å². The summed E-state index contributed by atoms with van der Waals surface area (Å²) in [6, 6.07) is 10.9. The summed E-state index contributed by atoms with van der Waals surface area (Å²) in [7, 11) is 5.22. The number of benzene rings is 1. The number of pyridine rings is 1. The predicted octanol–water partition coefficient (Wildman–Crippen LogP) is 3.10. The summed E-state index contributed by atoms with van der Waals surface area (Å²) in [5.41, 5.74) is 2.31. The molecule has 0 aliphatic rings. The Labute approximate surface area is 194 Å². The van der Waals surface area contributed by atoms with Gasteiger partial charge in [-0.2, -0.15) is 10.1 Å². The lowest BCUT2D eigenvalue weighted by Gasteiger charge is -2.10. The fourth-order valence-electron chi connectivity index (χ4n) is 3.46. The van der Waals surface area contributed by atoms with E-state index in [0.29, 0.717) is 34.8 Å². The molecule has 11 nitrogen and oxygen atoms in total. The molecule has 5 aromatic rings. The van der Waals surface area contributed by atoms with Crippen LogP contribution in [-0.4, -0.2) is 41.3 Å². The number of fused-ring (bicyclic) bond motifs is 1. The zero-order valence-corrected chi connectivity index (χ0v) is 18.7. The Morgan fingerprint density at radius 2 is 1.88 bits per heavy atom. The number of ether oxygens (including phenoxy) is 1. The Morgan fingerprint density at radius 3 is 2.68 bits per heavy atom. The highest BCUT2D eigenvalue weighted by Crippen LogP contribution is 2.26. The summed E-state index contributed by atoms with van der Waals surface area (Å²) >= 11 is 0. The molecule has 0 bridgehead atoms. The van der Waals surface area contributed by atoms with Crippen molar-refractivity contribution >= 4 is 28.5 Å². The molecular formula is C23H21N9O2. The van der Waals surface area contributed by atoms with Crippen molar-refractivity contribution in [3.8, 4) is 22.9 Å². The average molecular weight is 455 g/mol. The highest BCUT2D eigenvalue weighted by atomic mass is 16.5. The first-order chi connectivity index (χ1) is 16.5. The molecule has 0 atom stereocenters. The van der Waals surface area contributed by atoms with Gasteiger partial charge in [-0.05, 0) is 24.3 Å². The molecule has 0 spiro atoms. The van der Waals surface area contributed by atoms with Crippen LogP contribution in [0.1, 0.15) is 0 Å². The van der Waals surface area contributed by atoms with Crippen LogP contribution in [0.2, 0.25) is 0 Å². The van der Waals surface area contributed by atoms with E-state index < -0.39 is 0 Å². The van der Waals surface area contributed by atoms with Gasteiger partial charge in [-0.3, -0.25) is 14.0 Å². The lowest BCUT2D eigenvalue weighted by Crippen LogP contribution is -2.22. The minimum atomic E-state index is -0.175. The molecular weight excluding hydrogens is 434 g/mol. The van der Waals surface area contributed by atoms with Gasteiger partial charge in [0.1, 0.15) is 5.75 Å². The Kier molecular flexibility index (Phi) is 5.34. The summed E-state index contributed by atoms with van der Waals surface area (Å²) in [4.78, 5) is 30.2. The minimum Gasteiger partial charge on any atom is -0.439 e. The summed E-state index contributed by atoms with van der Waals surface area (Å²) in [5.74, 6) is 1.88. The van der Waals surface area contributed by atoms with E-state index in [-0.39, 0.29) is 5.56 Å². The van der Waals surface area contributed by atoms with E-state index in [1.54, 1.807) is 49.4 Å². The number of nitrogens with one attached hydrogen (secondary N) is 2. The summed E-state index contributed by atoms with van der Waals surface area (Å²) < 4.78 is 9.07. The minimum absolute atomic E-state index is 0.175. The largest absolute Gasteiger partial charge is 0.439 e. The zero-order valence-electron chi connectivity index (χ0n) is 18.7. The lowest BCUT2D eigenvalue weighted by molar-refractivity contribution is 0.463. The molecule has 1 aromatic carbocycles. The van der Waals surface area contributed by atoms with E-state index in [9.17, 15) is 4.79 Å². The molecule has 11 heteroatoms. The summed E-state index contributed by atoms with van der Waals surface area (Å²) in [6.45, 7) is 0. The molecule has 0 aliphatic heterocycles. The van der Waals surface area contributed by atoms with Crippen molar-refractivity contribution in [2.24, 2.45) is 14.1 Å². The van der Waals surface area contributed by atoms with Gasteiger partial charge in [0.05, 0.1) is 28.7 Å². The molecule has 0 amide bonds. The van der Waals surface area contributed by atoms with E-state index in [2.05, 4.69) is 35.7 Å². The van der Waals surface area contributed by atoms with Crippen LogP contribution in [-0.2, 0) is 14.1 Å². The highest BCUT2D eigenvalue weighted by molar-refractivity contribution is 5.82. The van der Waals surface area contributed by atoms with Gasteiger partial charge in [0.15, 0.2) is 0 Å². The maximum absolute atomic E-state index is 12.7. The predicted molar refractivity (Wildman–Crippen MR) is 128 cm³/mol. The van der Waals surface area contributed by atoms with Crippen LogP contribution >= 0.6 is 0 Å². The third-order valence-corrected chi connectivity index (χ3v) is 5.14. The van der Waals surface area contributed by atoms with Gasteiger partial charge in [0.2, 0.25) is 17.8 Å². The van der Waals surface area contributed by atoms with Gasteiger partial charge in [0, 0.05) is 51.2 Å². The molecule has 0 aliphatic carbocycles. The Bertz CT molecular complexity index is 1560. The number of hydrogen-bond acceptors (Lipinski definition) is 9. The molecule has 4 heterocycles. The molecule has 0 saturated heterocycles. The zero-order chi connectivity index (χ0) is 23.7. The topological polar surface area (TPSA) is 125 Å². The molecule has 0 unspecified atom stereocenters. The number of hydrogen-bond donors (Lipinski definition) is 2. The Balaban J connectivity index is 1.39. The van der Waals surface area contributed by atoms with Crippen LogP contribution in [0.15, 0.2) is 66.0 Å². The van der Waals surface area contributed by atoms with Gasteiger partial charge >= 0.3 is 0 Å². The van der Waals surface area contributed by atoms with Crippen LogP contribution in [0, 0.1) is 0 Å². The quantitative estimate of drug-likeness (QED) is 0.397. The maximum Gasteiger partial charge on any atom is 0.264 e. The number of rotatable bonds is 6. The van der Waals surface area contributed by atoms with Crippen molar-refractivity contribution in [2.45, 2.75) is 0 Å². The van der Waals surface area contributed by atoms with Crippen molar-refractivity contribution in [3.63, 3.8) is 0 Å². The molecule has 0 radical (unpaired) electrons. The lowest BCUT2D eigenvalue weighted by atomic mass is 10.1. The van der Waals surface area contributed by atoms with Crippen molar-refractivity contribution < 1.29 is 4.74 Å². The summed E-state index contributed by atoms with van der Waals surface area (Å²) in [5, 5.41) is 10.9. The molecule has 34 heavy (non-hydrogen) atoms. The maximum atomic E-state index is 12.7. The second kappa shape index (κ2) is 8.62. The fraction of sp³-hybridized carbons (Fsp3) is 0.130.